The molecule has 43 heavy (non-hydrogen) atoms. The zero-order valence-corrected chi connectivity index (χ0v) is 27.7. The number of nitrogens with zero attached hydrogens (tertiary/aromatic N) is 2. The van der Waals surface area contributed by atoms with E-state index >= 15 is 0 Å². The van der Waals surface area contributed by atoms with Crippen LogP contribution in [0.25, 0.3) is 16.3 Å². The Morgan fingerprint density at radius 3 is 2.44 bits per heavy atom. The molecule has 0 saturated heterocycles. The van der Waals surface area contributed by atoms with Crippen molar-refractivity contribution in [3.8, 4) is 11.5 Å². The van der Waals surface area contributed by atoms with Gasteiger partial charge in [0.15, 0.2) is 12.3 Å². The molecule has 1 aliphatic heterocycles. The molecule has 0 spiro atoms. The molecular weight excluding hydrogens is 631 g/mol. The predicted octanol–water partition coefficient (Wildman–Crippen LogP) is 1.96. The van der Waals surface area contributed by atoms with Crippen LogP contribution in [0.2, 0.25) is 5.02 Å². The molecule has 0 radical (unpaired) electrons. The Balaban J connectivity index is 0.00000506. The fraction of sp³-hybridized carbons (Fsp3) is 0.393. The minimum Gasteiger partial charge on any atom is -0.748 e. The van der Waals surface area contributed by atoms with Gasteiger partial charge in [0, 0.05) is 53.8 Å². The van der Waals surface area contributed by atoms with Crippen molar-refractivity contribution in [3.05, 3.63) is 63.5 Å². The van der Waals surface area contributed by atoms with Crippen LogP contribution in [0, 0.1) is 6.92 Å². The van der Waals surface area contributed by atoms with Gasteiger partial charge in [0.1, 0.15) is 10.4 Å². The van der Waals surface area contributed by atoms with E-state index in [0.29, 0.717) is 41.7 Å². The van der Waals surface area contributed by atoms with E-state index in [-0.39, 0.29) is 38.2 Å². The Bertz CT molecular complexity index is 1750. The molecule has 15 heteroatoms. The Morgan fingerprint density at radius 2 is 1.79 bits per heavy atom. The minimum atomic E-state index is -4.37. The number of halogens is 1. The van der Waals surface area contributed by atoms with Crippen molar-refractivity contribution >= 4 is 65.2 Å². The average molecular weight is 663 g/mol. The van der Waals surface area contributed by atoms with Crippen molar-refractivity contribution in [3.63, 3.8) is 0 Å². The number of unbranched alkanes of at least 4 members (excludes halogenated alkanes) is 1. The number of aromatic nitrogens is 1. The zero-order chi connectivity index (χ0) is 30.7. The van der Waals surface area contributed by atoms with Crippen LogP contribution in [0.15, 0.2) is 47.9 Å². The molecule has 228 valence electrons. The maximum absolute atomic E-state index is 11.2. The van der Waals surface area contributed by atoms with E-state index in [4.69, 9.17) is 21.1 Å². The number of rotatable bonds is 13. The van der Waals surface area contributed by atoms with Crippen LogP contribution in [-0.4, -0.2) is 51.1 Å². The van der Waals surface area contributed by atoms with Gasteiger partial charge in [0.2, 0.25) is 11.4 Å². The number of ether oxygens (including phenoxy) is 2. The predicted molar refractivity (Wildman–Crippen MR) is 162 cm³/mol. The Hall–Kier alpha value is -2.08. The second-order valence-electron chi connectivity index (χ2n) is 9.89. The fourth-order valence-corrected chi connectivity index (χ4v) is 7.10. The monoisotopic (exact) mass is 662 g/mol. The molecule has 0 unspecified atom stereocenters. The summed E-state index contributed by atoms with van der Waals surface area (Å²) in [5.74, 6) is 0.897. The molecule has 0 N–H and O–H groups in total. The zero-order valence-electron chi connectivity index (χ0n) is 24.5. The molecule has 1 aromatic heterocycles. The summed E-state index contributed by atoms with van der Waals surface area (Å²) in [6.07, 6.45) is 5.41. The second kappa shape index (κ2) is 14.8. The van der Waals surface area contributed by atoms with Crippen molar-refractivity contribution < 1.29 is 58.8 Å². The standard InChI is InChI=1S/C28H33ClN2O8S3.Li/c1-4-20(15-27-30(11-7-13-42(35,36)37)22-17-21(29)8-9-24(22)39-27)16-28-31(10-5-6-12-41(32,33)34)23-14-19(2)25(38-3)18-26(23)40-28;/h8-9,14-18H,4-7,10-13H2,1-3H3,(H-,32,33,34,35,36,37);/q;+1/p-1. The molecule has 2 heterocycles. The number of benzene rings is 2. The Labute approximate surface area is 273 Å². The molecular formula is C28H32ClLiN2O8S3. The third-order valence-corrected chi connectivity index (χ3v) is 9.67. The van der Waals surface area contributed by atoms with Gasteiger partial charge in [-0.05, 0) is 55.5 Å². The summed E-state index contributed by atoms with van der Waals surface area (Å²) >= 11 is 7.79. The third-order valence-electron chi connectivity index (χ3n) is 6.77. The van der Waals surface area contributed by atoms with Crippen LogP contribution in [0.4, 0.5) is 5.69 Å². The number of allylic oxidation sites excluding steroid dienone is 2. The first kappa shape index (κ1) is 35.4. The number of aryl methyl sites for hydroxylation is 2. The van der Waals surface area contributed by atoms with E-state index < -0.39 is 31.7 Å². The van der Waals surface area contributed by atoms with Gasteiger partial charge >= 0.3 is 18.9 Å². The molecule has 2 aromatic carbocycles. The molecule has 0 fully saturated rings. The molecule has 0 amide bonds. The summed E-state index contributed by atoms with van der Waals surface area (Å²) in [7, 11) is -7.03. The molecule has 10 nitrogen and oxygen atoms in total. The molecule has 0 bridgehead atoms. The molecule has 4 rings (SSSR count). The van der Waals surface area contributed by atoms with Crippen LogP contribution in [-0.2, 0) is 26.8 Å². The third kappa shape index (κ3) is 9.45. The Kier molecular flexibility index (Phi) is 12.2. The van der Waals surface area contributed by atoms with E-state index in [2.05, 4.69) is 4.57 Å². The minimum absolute atomic E-state index is 0. The number of fused-ring (bicyclic) bond motifs is 2. The van der Waals surface area contributed by atoms with Gasteiger partial charge in [-0.3, -0.25) is 0 Å². The van der Waals surface area contributed by atoms with E-state index in [1.54, 1.807) is 36.6 Å². The van der Waals surface area contributed by atoms with E-state index in [9.17, 15) is 25.9 Å². The van der Waals surface area contributed by atoms with Gasteiger partial charge < -0.3 is 23.5 Å². The number of thiazole rings is 1. The SMILES string of the molecule is CCC(=C/c1sc2cc(OC)c(C)cc2[n+]1CCCCS(=O)(=O)[O-])/C=C1/Oc2ccc(Cl)cc2N1CCCS(=O)(=O)[O-].[Li+]. The summed E-state index contributed by atoms with van der Waals surface area (Å²) < 4.78 is 81.8. The van der Waals surface area contributed by atoms with E-state index in [1.807, 2.05) is 43.0 Å². The first-order valence-corrected chi connectivity index (χ1v) is 17.7. The maximum atomic E-state index is 11.2. The van der Waals surface area contributed by atoms with Gasteiger partial charge in [-0.15, -0.1) is 0 Å². The van der Waals surface area contributed by atoms with Gasteiger partial charge in [-0.25, -0.2) is 16.8 Å². The van der Waals surface area contributed by atoms with Crippen LogP contribution >= 0.6 is 22.9 Å². The fourth-order valence-electron chi connectivity index (χ4n) is 4.71. The van der Waals surface area contributed by atoms with Gasteiger partial charge in [0.05, 0.1) is 33.0 Å². The largest absolute Gasteiger partial charge is 1.00 e. The normalized spacial score (nSPS) is 14.6. The van der Waals surface area contributed by atoms with Crippen molar-refractivity contribution in [1.29, 1.82) is 0 Å². The van der Waals surface area contributed by atoms with E-state index in [0.717, 1.165) is 32.1 Å². The maximum Gasteiger partial charge on any atom is 1.00 e. The van der Waals surface area contributed by atoms with Gasteiger partial charge in [-0.2, -0.15) is 4.57 Å². The number of hydrogen-bond donors (Lipinski definition) is 0. The van der Waals surface area contributed by atoms with Crippen LogP contribution in [0.1, 0.15) is 43.2 Å². The molecule has 1 aliphatic rings. The topological polar surface area (TPSA) is 140 Å². The van der Waals surface area contributed by atoms with Crippen molar-refractivity contribution in [2.24, 2.45) is 0 Å². The first-order chi connectivity index (χ1) is 19.8. The number of anilines is 1. The van der Waals surface area contributed by atoms with Crippen molar-refractivity contribution in [1.82, 2.24) is 0 Å². The smallest absolute Gasteiger partial charge is 0.748 e. The molecule has 0 saturated carbocycles. The summed E-state index contributed by atoms with van der Waals surface area (Å²) in [6, 6.07) is 9.18. The van der Waals surface area contributed by atoms with Crippen LogP contribution in [0.3, 0.4) is 0 Å². The number of methoxy groups -OCH3 is 1. The van der Waals surface area contributed by atoms with Crippen LogP contribution in [0.5, 0.6) is 11.5 Å². The quantitative estimate of drug-likeness (QED) is 0.116. The van der Waals surface area contributed by atoms with Gasteiger partial charge in [0.25, 0.3) is 5.01 Å². The molecule has 0 aliphatic carbocycles. The number of hydrogen-bond acceptors (Lipinski definition) is 10. The first-order valence-electron chi connectivity index (χ1n) is 13.3. The second-order valence-corrected chi connectivity index (χ2v) is 14.4. The van der Waals surface area contributed by atoms with Gasteiger partial charge in [-0.1, -0.05) is 29.9 Å². The molecule has 3 aromatic rings. The van der Waals surface area contributed by atoms with Crippen molar-refractivity contribution in [2.45, 2.75) is 46.1 Å². The molecule has 0 atom stereocenters. The summed E-state index contributed by atoms with van der Waals surface area (Å²) in [6.45, 7) is 4.70. The summed E-state index contributed by atoms with van der Waals surface area (Å²) in [4.78, 5) is 1.81. The summed E-state index contributed by atoms with van der Waals surface area (Å²) in [5.41, 5.74) is 3.52. The van der Waals surface area contributed by atoms with E-state index in [1.165, 1.54) is 0 Å². The average Bonchev–Trinajstić information content (AvgIpc) is 3.40. The Morgan fingerprint density at radius 1 is 1.09 bits per heavy atom. The summed E-state index contributed by atoms with van der Waals surface area (Å²) in [5, 5.41) is 1.41. The van der Waals surface area contributed by atoms with Crippen molar-refractivity contribution in [2.75, 3.05) is 30.1 Å². The van der Waals surface area contributed by atoms with Crippen LogP contribution < -0.4 is 37.8 Å².